The van der Waals surface area contributed by atoms with Crippen LogP contribution >= 0.6 is 0 Å². The molecule has 1 atom stereocenters. The highest BCUT2D eigenvalue weighted by molar-refractivity contribution is 5.73. The maximum Gasteiger partial charge on any atom is 0.955 e. The minimum Gasteiger partial charge on any atom is -0.480 e. The van der Waals surface area contributed by atoms with Crippen LogP contribution in [0.4, 0.5) is 0 Å². The number of nitrogens with one attached hydrogen (secondary N) is 1. The Morgan fingerprint density at radius 3 is 1.79 bits per heavy atom. The minimum atomic E-state index is -4.61. The van der Waals surface area contributed by atoms with Crippen LogP contribution < -0.4 is 5.73 Å². The molecule has 1 unspecified atom stereocenters. The lowest BCUT2D eigenvalue weighted by Crippen LogP contribution is -2.59. The van der Waals surface area contributed by atoms with Gasteiger partial charge in [-0.1, -0.05) is 0 Å². The van der Waals surface area contributed by atoms with Crippen LogP contribution in [0.15, 0.2) is 12.5 Å². The van der Waals surface area contributed by atoms with Crippen molar-refractivity contribution in [2.24, 2.45) is 5.73 Å². The summed E-state index contributed by atoms with van der Waals surface area (Å²) in [5, 5.41) is 47.7. The molecule has 0 aliphatic heterocycles. The average molecular weight is 351 g/mol. The van der Waals surface area contributed by atoms with Crippen molar-refractivity contribution in [3.63, 3.8) is 0 Å². The number of nitrogens with zero attached hydrogens (tertiary/aromatic N) is 5. The number of imidazole rings is 1. The van der Waals surface area contributed by atoms with E-state index in [1.807, 2.05) is 0 Å². The second kappa shape index (κ2) is 8.03. The first kappa shape index (κ1) is 20.2. The van der Waals surface area contributed by atoms with Crippen molar-refractivity contribution in [1.29, 1.82) is 0 Å². The first-order valence-electron chi connectivity index (χ1n) is 5.51. The fourth-order valence-electron chi connectivity index (χ4n) is 1.12. The molecule has 0 aliphatic carbocycles. The van der Waals surface area contributed by atoms with Crippen molar-refractivity contribution in [1.82, 2.24) is 9.97 Å². The number of nitrogens with two attached hydrogens (primary N) is 1. The van der Waals surface area contributed by atoms with Crippen molar-refractivity contribution < 1.29 is 29.6 Å². The van der Waals surface area contributed by atoms with Gasteiger partial charge in [-0.2, -0.15) is 0 Å². The molecule has 1 heterocycles. The number of aromatic amines is 1. The quantitative estimate of drug-likeness (QED) is 0.275. The number of carboxylic acids is 1. The number of nitro groups is 4. The summed E-state index contributed by atoms with van der Waals surface area (Å²) in [5.41, 5.74) is 6.00. The van der Waals surface area contributed by atoms with Gasteiger partial charge in [0.2, 0.25) is 0 Å². The van der Waals surface area contributed by atoms with E-state index in [1.165, 1.54) is 6.33 Å². The zero-order valence-electron chi connectivity index (χ0n) is 11.4. The monoisotopic (exact) mass is 351 g/mol. The summed E-state index contributed by atoms with van der Waals surface area (Å²) in [6.07, 6.45) is 3.34. The number of rotatable bonds is 7. The number of hydrogen-bond donors (Lipinski definition) is 3. The van der Waals surface area contributed by atoms with E-state index in [1.54, 1.807) is 6.20 Å². The van der Waals surface area contributed by atoms with E-state index in [0.717, 1.165) is 5.69 Å². The molecule has 0 aromatic carbocycles. The molecule has 1 rings (SSSR count). The summed E-state index contributed by atoms with van der Waals surface area (Å²) in [6, 6.07) is -0.851. The Bertz CT molecular complexity index is 580. The van der Waals surface area contributed by atoms with Crippen LogP contribution in [-0.2, 0) is 11.2 Å². The smallest absolute Gasteiger partial charge is 0.480 e. The summed E-state index contributed by atoms with van der Waals surface area (Å²) < 4.78 is 0. The number of aromatic nitrogens is 2. The highest BCUT2D eigenvalue weighted by atomic mass is 16.8. The van der Waals surface area contributed by atoms with Crippen LogP contribution in [0.2, 0.25) is 0 Å². The Balaban J connectivity index is 0.000000446. The van der Waals surface area contributed by atoms with Gasteiger partial charge in [-0.05, 0) is 0 Å². The minimum absolute atomic E-state index is 0.287. The van der Waals surface area contributed by atoms with Crippen LogP contribution in [0.1, 0.15) is 5.69 Å². The summed E-state index contributed by atoms with van der Waals surface area (Å²) in [6.45, 7) is 0. The number of hydrogen-bond acceptors (Lipinski definition) is 11. The third-order valence-electron chi connectivity index (χ3n) is 2.29. The SMILES string of the molecule is NC(Cc1cnc[nH]1)C(=O)O.O=[N+]([O-])C([N+](=O)[O-])([N+](=O)[O-])[N+](=O)[O-]. The van der Waals surface area contributed by atoms with Gasteiger partial charge in [0.1, 0.15) is 6.04 Å². The molecule has 0 saturated heterocycles. The van der Waals surface area contributed by atoms with Gasteiger partial charge in [0, 0.05) is 18.3 Å². The molecule has 132 valence electrons. The second-order valence-corrected chi connectivity index (χ2v) is 3.85. The van der Waals surface area contributed by atoms with E-state index in [4.69, 9.17) is 10.8 Å². The molecule has 1 aromatic heterocycles. The Hall–Kier alpha value is -3.76. The van der Waals surface area contributed by atoms with E-state index in [9.17, 15) is 45.3 Å². The van der Waals surface area contributed by atoms with Crippen molar-refractivity contribution >= 4 is 5.97 Å². The van der Waals surface area contributed by atoms with Crippen LogP contribution in [0, 0.1) is 40.5 Å². The summed E-state index contributed by atoms with van der Waals surface area (Å²) in [7, 11) is 0. The Labute approximate surface area is 129 Å². The lowest BCUT2D eigenvalue weighted by atomic mass is 10.2. The maximum atomic E-state index is 10.3. The van der Waals surface area contributed by atoms with Gasteiger partial charge in [-0.25, -0.2) is 45.4 Å². The second-order valence-electron chi connectivity index (χ2n) is 3.85. The number of carbonyl (C=O) groups is 1. The molecule has 0 radical (unpaired) electrons. The summed E-state index contributed by atoms with van der Waals surface area (Å²) in [5.74, 6) is -5.61. The van der Waals surface area contributed by atoms with E-state index in [2.05, 4.69) is 9.97 Å². The maximum absolute atomic E-state index is 10.3. The molecule has 17 nitrogen and oxygen atoms in total. The van der Waals surface area contributed by atoms with Gasteiger partial charge in [-0.15, -0.1) is 0 Å². The van der Waals surface area contributed by atoms with E-state index in [0.29, 0.717) is 0 Å². The normalized spacial score (nSPS) is 11.5. The molecule has 4 N–H and O–H groups in total. The van der Waals surface area contributed by atoms with Crippen molar-refractivity contribution in [3.05, 3.63) is 58.7 Å². The molecule has 0 aliphatic rings. The summed E-state index contributed by atoms with van der Waals surface area (Å²) in [4.78, 5) is 47.3. The van der Waals surface area contributed by atoms with Gasteiger partial charge in [0.15, 0.2) is 0 Å². The van der Waals surface area contributed by atoms with Crippen LogP contribution in [0.3, 0.4) is 0 Å². The predicted octanol–water partition coefficient (Wildman–Crippen LogP) is -1.93. The molecule has 0 fully saturated rings. The molecule has 24 heavy (non-hydrogen) atoms. The zero-order chi connectivity index (χ0) is 19.1. The molecule has 1 aromatic rings. The molecular formula is C7H9N7O10. The Morgan fingerprint density at radius 2 is 1.58 bits per heavy atom. The molecule has 0 saturated carbocycles. The Kier molecular flexibility index (Phi) is 6.77. The first-order valence-corrected chi connectivity index (χ1v) is 5.51. The molecule has 0 spiro atoms. The molecule has 0 bridgehead atoms. The van der Waals surface area contributed by atoms with E-state index < -0.39 is 37.6 Å². The van der Waals surface area contributed by atoms with Crippen LogP contribution in [0.25, 0.3) is 0 Å². The lowest BCUT2D eigenvalue weighted by molar-refractivity contribution is -1.11. The van der Waals surface area contributed by atoms with E-state index >= 15 is 0 Å². The third kappa shape index (κ3) is 4.37. The van der Waals surface area contributed by atoms with Gasteiger partial charge in [-0.3, -0.25) is 4.79 Å². The highest BCUT2D eigenvalue weighted by Gasteiger charge is 2.85. The molecule has 0 amide bonds. The van der Waals surface area contributed by atoms with Gasteiger partial charge in [0.25, 0.3) is 19.7 Å². The van der Waals surface area contributed by atoms with Crippen LogP contribution in [0.5, 0.6) is 0 Å². The molecule has 17 heteroatoms. The number of carboxylic acid groups (broad SMARTS) is 1. The van der Waals surface area contributed by atoms with Crippen molar-refractivity contribution in [2.45, 2.75) is 18.4 Å². The largest absolute Gasteiger partial charge is 0.955 e. The Morgan fingerprint density at radius 1 is 1.17 bits per heavy atom. The lowest BCUT2D eigenvalue weighted by Gasteiger charge is -2.02. The fraction of sp³-hybridized carbons (Fsp3) is 0.429. The fourth-order valence-corrected chi connectivity index (χ4v) is 1.12. The van der Waals surface area contributed by atoms with Crippen molar-refractivity contribution in [2.75, 3.05) is 0 Å². The molecular weight excluding hydrogens is 342 g/mol. The first-order chi connectivity index (χ1) is 11.0. The van der Waals surface area contributed by atoms with Gasteiger partial charge >= 0.3 is 11.9 Å². The summed E-state index contributed by atoms with van der Waals surface area (Å²) >= 11 is 0. The zero-order valence-corrected chi connectivity index (χ0v) is 11.4. The third-order valence-corrected chi connectivity index (χ3v) is 2.29. The standard InChI is InChI=1S/C6H9N3O2.CN4O8/c7-5(6(10)11)1-4-2-8-3-9-4;6-2(7)1(3(8)9,4(10)11)5(12)13/h2-3,5H,1,7H2,(H,8,9)(H,10,11);. The van der Waals surface area contributed by atoms with Gasteiger partial charge < -0.3 is 15.8 Å². The van der Waals surface area contributed by atoms with Gasteiger partial charge in [0.05, 0.1) is 6.33 Å². The number of H-pyrrole nitrogens is 1. The highest BCUT2D eigenvalue weighted by Crippen LogP contribution is 2.12. The van der Waals surface area contributed by atoms with Crippen LogP contribution in [-0.4, -0.2) is 52.7 Å². The topological polar surface area (TPSA) is 265 Å². The van der Waals surface area contributed by atoms with Crippen molar-refractivity contribution in [3.8, 4) is 0 Å². The average Bonchev–Trinajstić information content (AvgIpc) is 2.90. The van der Waals surface area contributed by atoms with E-state index in [-0.39, 0.29) is 6.42 Å². The predicted molar refractivity (Wildman–Crippen MR) is 68.6 cm³/mol. The number of aliphatic carboxylic acids is 1.